The zero-order valence-corrected chi connectivity index (χ0v) is 15.0. The van der Waals surface area contributed by atoms with Crippen LogP contribution in [0.25, 0.3) is 0 Å². The molecular formula is C20H22N4O3. The first kappa shape index (κ1) is 17.5. The van der Waals surface area contributed by atoms with E-state index in [-0.39, 0.29) is 17.4 Å². The van der Waals surface area contributed by atoms with Gasteiger partial charge in [0.05, 0.1) is 0 Å². The molecule has 0 saturated heterocycles. The summed E-state index contributed by atoms with van der Waals surface area (Å²) >= 11 is 0. The third-order valence-electron chi connectivity index (χ3n) is 5.03. The van der Waals surface area contributed by atoms with Crippen molar-refractivity contribution in [2.24, 2.45) is 5.92 Å². The van der Waals surface area contributed by atoms with Gasteiger partial charge in [-0.3, -0.25) is 30.1 Å². The summed E-state index contributed by atoms with van der Waals surface area (Å²) in [5.74, 6) is -0.807. The van der Waals surface area contributed by atoms with Crippen LogP contribution in [0.15, 0.2) is 41.2 Å². The van der Waals surface area contributed by atoms with Gasteiger partial charge < -0.3 is 4.98 Å². The van der Waals surface area contributed by atoms with Crippen LogP contribution in [0.2, 0.25) is 0 Å². The van der Waals surface area contributed by atoms with Crippen molar-refractivity contribution in [2.75, 3.05) is 6.54 Å². The Kier molecular flexibility index (Phi) is 4.77. The second kappa shape index (κ2) is 7.36. The van der Waals surface area contributed by atoms with Gasteiger partial charge >= 0.3 is 0 Å². The summed E-state index contributed by atoms with van der Waals surface area (Å²) in [6.45, 7) is 2.33. The topological polar surface area (TPSA) is 94.3 Å². The zero-order valence-electron chi connectivity index (χ0n) is 15.0. The number of carbonyl (C=O) groups is 2. The van der Waals surface area contributed by atoms with E-state index < -0.39 is 11.5 Å². The van der Waals surface area contributed by atoms with E-state index in [1.165, 1.54) is 5.56 Å². The van der Waals surface area contributed by atoms with Crippen molar-refractivity contribution in [1.29, 1.82) is 0 Å². The lowest BCUT2D eigenvalue weighted by Gasteiger charge is -2.28. The third kappa shape index (κ3) is 4.09. The Morgan fingerprint density at radius 2 is 1.93 bits per heavy atom. The third-order valence-corrected chi connectivity index (χ3v) is 5.03. The Hall–Kier alpha value is -2.93. The van der Waals surface area contributed by atoms with Gasteiger partial charge in [-0.05, 0) is 30.0 Å². The average molecular weight is 366 g/mol. The molecule has 27 heavy (non-hydrogen) atoms. The van der Waals surface area contributed by atoms with Crippen molar-refractivity contribution in [3.05, 3.63) is 69.1 Å². The molecule has 0 radical (unpaired) electrons. The molecule has 0 spiro atoms. The summed E-state index contributed by atoms with van der Waals surface area (Å²) in [6.07, 6.45) is 2.43. The molecule has 0 unspecified atom stereocenters. The SMILES string of the molecule is O=C(NNC(=O)C1CC1)c1cc2c([nH]c1=O)CCN(Cc1ccccc1)C2. The fourth-order valence-corrected chi connectivity index (χ4v) is 3.34. The van der Waals surface area contributed by atoms with Gasteiger partial charge in [0.15, 0.2) is 0 Å². The first-order valence-corrected chi connectivity index (χ1v) is 9.21. The summed E-state index contributed by atoms with van der Waals surface area (Å²) < 4.78 is 0. The van der Waals surface area contributed by atoms with Crippen molar-refractivity contribution in [2.45, 2.75) is 32.4 Å². The molecule has 1 aliphatic heterocycles. The van der Waals surface area contributed by atoms with E-state index in [9.17, 15) is 14.4 Å². The van der Waals surface area contributed by atoms with Crippen molar-refractivity contribution in [3.63, 3.8) is 0 Å². The number of hydrogen-bond acceptors (Lipinski definition) is 4. The molecule has 2 aliphatic rings. The van der Waals surface area contributed by atoms with Crippen molar-refractivity contribution in [1.82, 2.24) is 20.7 Å². The van der Waals surface area contributed by atoms with E-state index in [2.05, 4.69) is 32.9 Å². The van der Waals surface area contributed by atoms with E-state index >= 15 is 0 Å². The number of pyridine rings is 1. The van der Waals surface area contributed by atoms with E-state index in [1.807, 2.05) is 18.2 Å². The minimum atomic E-state index is -0.590. The second-order valence-electron chi connectivity index (χ2n) is 7.18. The number of rotatable bonds is 4. The Morgan fingerprint density at radius 3 is 2.67 bits per heavy atom. The molecule has 1 aliphatic carbocycles. The van der Waals surface area contributed by atoms with Crippen molar-refractivity contribution < 1.29 is 9.59 Å². The van der Waals surface area contributed by atoms with Gasteiger partial charge in [-0.1, -0.05) is 30.3 Å². The largest absolute Gasteiger partial charge is 0.325 e. The van der Waals surface area contributed by atoms with Crippen LogP contribution >= 0.6 is 0 Å². The molecule has 1 fully saturated rings. The van der Waals surface area contributed by atoms with Crippen LogP contribution in [0.5, 0.6) is 0 Å². The average Bonchev–Trinajstić information content (AvgIpc) is 3.52. The Morgan fingerprint density at radius 1 is 1.15 bits per heavy atom. The van der Waals surface area contributed by atoms with Gasteiger partial charge in [0, 0.05) is 37.7 Å². The molecule has 0 bridgehead atoms. The lowest BCUT2D eigenvalue weighted by Crippen LogP contribution is -2.44. The van der Waals surface area contributed by atoms with Crippen molar-refractivity contribution >= 4 is 11.8 Å². The monoisotopic (exact) mass is 366 g/mol. The highest BCUT2D eigenvalue weighted by atomic mass is 16.2. The molecule has 1 saturated carbocycles. The van der Waals surface area contributed by atoms with Gasteiger partial charge in [0.25, 0.3) is 11.5 Å². The van der Waals surface area contributed by atoms with Crippen LogP contribution in [0.1, 0.15) is 40.0 Å². The number of hydrazine groups is 1. The number of H-pyrrole nitrogens is 1. The number of amides is 2. The zero-order chi connectivity index (χ0) is 18.8. The number of aromatic amines is 1. The summed E-state index contributed by atoms with van der Waals surface area (Å²) in [7, 11) is 0. The molecule has 3 N–H and O–H groups in total. The van der Waals surface area contributed by atoms with Gasteiger partial charge in [-0.2, -0.15) is 0 Å². The summed E-state index contributed by atoms with van der Waals surface area (Å²) in [5.41, 5.74) is 7.37. The minimum absolute atomic E-state index is 0.0151. The predicted molar refractivity (Wildman–Crippen MR) is 99.7 cm³/mol. The number of nitrogens with zero attached hydrogens (tertiary/aromatic N) is 1. The fraction of sp³-hybridized carbons (Fsp3) is 0.350. The summed E-state index contributed by atoms with van der Waals surface area (Å²) in [5, 5.41) is 0. The van der Waals surface area contributed by atoms with Gasteiger partial charge in [0.1, 0.15) is 5.56 Å². The summed E-state index contributed by atoms with van der Waals surface area (Å²) in [6, 6.07) is 11.8. The van der Waals surface area contributed by atoms with Crippen LogP contribution in [0, 0.1) is 5.92 Å². The van der Waals surface area contributed by atoms with E-state index in [1.54, 1.807) is 6.07 Å². The summed E-state index contributed by atoms with van der Waals surface area (Å²) in [4.78, 5) is 41.3. The number of aromatic nitrogens is 1. The maximum absolute atomic E-state index is 12.3. The first-order chi connectivity index (χ1) is 13.1. The van der Waals surface area contributed by atoms with Crippen LogP contribution < -0.4 is 16.4 Å². The van der Waals surface area contributed by atoms with Crippen LogP contribution in [-0.2, 0) is 24.3 Å². The first-order valence-electron chi connectivity index (χ1n) is 9.21. The Balaban J connectivity index is 1.46. The molecule has 4 rings (SSSR count). The Labute approximate surface area is 156 Å². The highest BCUT2D eigenvalue weighted by Crippen LogP contribution is 2.28. The predicted octanol–water partition coefficient (Wildman–Crippen LogP) is 1.10. The molecule has 140 valence electrons. The van der Waals surface area contributed by atoms with Gasteiger partial charge in [0.2, 0.25) is 5.91 Å². The highest BCUT2D eigenvalue weighted by molar-refractivity contribution is 5.95. The minimum Gasteiger partial charge on any atom is -0.325 e. The quantitative estimate of drug-likeness (QED) is 0.707. The molecule has 1 aromatic carbocycles. The number of nitrogens with one attached hydrogen (secondary N) is 3. The Bertz CT molecular complexity index is 919. The molecule has 7 heteroatoms. The molecule has 2 heterocycles. The second-order valence-corrected chi connectivity index (χ2v) is 7.18. The van der Waals surface area contributed by atoms with Crippen LogP contribution in [-0.4, -0.2) is 28.2 Å². The van der Waals surface area contributed by atoms with Gasteiger partial charge in [-0.15, -0.1) is 0 Å². The fourth-order valence-electron chi connectivity index (χ4n) is 3.34. The lowest BCUT2D eigenvalue weighted by atomic mass is 10.0. The van der Waals surface area contributed by atoms with Crippen LogP contribution in [0.4, 0.5) is 0 Å². The molecular weight excluding hydrogens is 344 g/mol. The molecule has 2 aromatic rings. The number of hydrogen-bond donors (Lipinski definition) is 3. The molecule has 2 amide bonds. The number of carbonyl (C=O) groups excluding carboxylic acids is 2. The van der Waals surface area contributed by atoms with Crippen LogP contribution in [0.3, 0.4) is 0 Å². The molecule has 7 nitrogen and oxygen atoms in total. The highest BCUT2D eigenvalue weighted by Gasteiger charge is 2.30. The molecule has 1 aromatic heterocycles. The maximum Gasteiger partial charge on any atom is 0.275 e. The van der Waals surface area contributed by atoms with E-state index in [0.29, 0.717) is 6.54 Å². The van der Waals surface area contributed by atoms with Gasteiger partial charge in [-0.25, -0.2) is 0 Å². The standard InChI is InChI=1S/C20H22N4O3/c25-18(14-6-7-14)22-23-20(27)16-10-15-12-24(9-8-17(15)21-19(16)26)11-13-4-2-1-3-5-13/h1-5,10,14H,6-9,11-12H2,(H,21,26)(H,22,25)(H,23,27). The smallest absolute Gasteiger partial charge is 0.275 e. The molecule has 0 atom stereocenters. The van der Waals surface area contributed by atoms with E-state index in [0.717, 1.165) is 43.6 Å². The van der Waals surface area contributed by atoms with E-state index in [4.69, 9.17) is 0 Å². The normalized spacial score (nSPS) is 16.4. The number of benzene rings is 1. The lowest BCUT2D eigenvalue weighted by molar-refractivity contribution is -0.123. The number of fused-ring (bicyclic) bond motifs is 1. The van der Waals surface area contributed by atoms with Crippen molar-refractivity contribution in [3.8, 4) is 0 Å². The maximum atomic E-state index is 12.3.